The van der Waals surface area contributed by atoms with E-state index >= 15 is 0 Å². The molecule has 1 fully saturated rings. The molecular weight excluding hydrogens is 279 g/mol. The second kappa shape index (κ2) is 6.53. The van der Waals surface area contributed by atoms with Gasteiger partial charge in [0.1, 0.15) is 5.82 Å². The lowest BCUT2D eigenvalue weighted by Gasteiger charge is -2.16. The van der Waals surface area contributed by atoms with Gasteiger partial charge in [0, 0.05) is 25.7 Å². The zero-order valence-corrected chi connectivity index (χ0v) is 11.6. The summed E-state index contributed by atoms with van der Waals surface area (Å²) in [6, 6.07) is 4.13. The number of carbonyl (C=O) groups excluding carboxylic acids is 1. The van der Waals surface area contributed by atoms with E-state index in [1.54, 1.807) is 6.07 Å². The van der Waals surface area contributed by atoms with Crippen LogP contribution >= 0.6 is 0 Å². The number of carboxylic acids is 1. The van der Waals surface area contributed by atoms with Crippen LogP contribution in [-0.4, -0.2) is 48.3 Å². The van der Waals surface area contributed by atoms with Crippen LogP contribution in [0.1, 0.15) is 22.3 Å². The molecule has 1 saturated heterocycles. The first-order valence-electron chi connectivity index (χ1n) is 6.58. The maximum absolute atomic E-state index is 13.6. The number of hydrogen-bond acceptors (Lipinski definition) is 4. The van der Waals surface area contributed by atoms with Gasteiger partial charge in [-0.15, -0.1) is 0 Å². The van der Waals surface area contributed by atoms with Gasteiger partial charge < -0.3 is 15.2 Å². The third-order valence-electron chi connectivity index (χ3n) is 3.45. The molecule has 1 aromatic rings. The highest BCUT2D eigenvalue weighted by Crippen LogP contribution is 2.16. The van der Waals surface area contributed by atoms with Crippen molar-refractivity contribution in [3.8, 4) is 0 Å². The maximum Gasteiger partial charge on any atom is 0.407 e. The molecule has 1 unspecified atom stereocenters. The van der Waals surface area contributed by atoms with E-state index in [4.69, 9.17) is 5.11 Å². The van der Waals surface area contributed by atoms with Gasteiger partial charge in [0.05, 0.1) is 12.7 Å². The van der Waals surface area contributed by atoms with Crippen molar-refractivity contribution in [2.24, 2.45) is 0 Å². The predicted molar refractivity (Wildman–Crippen MR) is 72.6 cm³/mol. The number of carbonyl (C=O) groups is 2. The zero-order chi connectivity index (χ0) is 15.4. The molecule has 0 bridgehead atoms. The standard InChI is InChI=1S/C14H17FN2O4/c1-21-14(20)16-10-4-5-17(8-10)7-9-2-3-11(13(18)19)12(15)6-9/h2-3,6,10H,4-5,7-8H2,1H3,(H,16,20)(H,18,19). The van der Waals surface area contributed by atoms with E-state index in [0.717, 1.165) is 13.0 Å². The molecule has 21 heavy (non-hydrogen) atoms. The average molecular weight is 296 g/mol. The SMILES string of the molecule is COC(=O)NC1CCN(Cc2ccc(C(=O)O)c(F)c2)C1. The number of likely N-dealkylation sites (tertiary alicyclic amines) is 1. The summed E-state index contributed by atoms with van der Waals surface area (Å²) in [6.07, 6.45) is 0.337. The van der Waals surface area contributed by atoms with E-state index in [0.29, 0.717) is 18.7 Å². The van der Waals surface area contributed by atoms with Crippen LogP contribution in [0.3, 0.4) is 0 Å². The van der Waals surface area contributed by atoms with Crippen molar-refractivity contribution < 1.29 is 23.8 Å². The molecule has 1 amide bonds. The van der Waals surface area contributed by atoms with Crippen molar-refractivity contribution in [3.63, 3.8) is 0 Å². The van der Waals surface area contributed by atoms with E-state index in [2.05, 4.69) is 15.0 Å². The van der Waals surface area contributed by atoms with Gasteiger partial charge in [0.25, 0.3) is 0 Å². The van der Waals surface area contributed by atoms with Crippen LogP contribution in [-0.2, 0) is 11.3 Å². The molecule has 1 aliphatic rings. The fourth-order valence-corrected chi connectivity index (χ4v) is 2.41. The average Bonchev–Trinajstić information content (AvgIpc) is 2.85. The van der Waals surface area contributed by atoms with Gasteiger partial charge in [-0.2, -0.15) is 0 Å². The molecule has 0 aliphatic carbocycles. The highest BCUT2D eigenvalue weighted by atomic mass is 19.1. The number of hydrogen-bond donors (Lipinski definition) is 2. The Morgan fingerprint density at radius 3 is 2.90 bits per heavy atom. The number of ether oxygens (including phenoxy) is 1. The number of nitrogens with one attached hydrogen (secondary N) is 1. The van der Waals surface area contributed by atoms with Gasteiger partial charge >= 0.3 is 12.1 Å². The molecule has 6 nitrogen and oxygen atoms in total. The highest BCUT2D eigenvalue weighted by Gasteiger charge is 2.24. The molecular formula is C14H17FN2O4. The minimum absolute atomic E-state index is 0.0144. The molecule has 1 atom stereocenters. The van der Waals surface area contributed by atoms with E-state index in [1.165, 1.54) is 19.2 Å². The van der Waals surface area contributed by atoms with Crippen molar-refractivity contribution in [2.45, 2.75) is 19.0 Å². The Morgan fingerprint density at radius 1 is 1.52 bits per heavy atom. The molecule has 7 heteroatoms. The lowest BCUT2D eigenvalue weighted by molar-refractivity contribution is 0.0691. The van der Waals surface area contributed by atoms with Crippen LogP contribution in [0.25, 0.3) is 0 Å². The van der Waals surface area contributed by atoms with Crippen molar-refractivity contribution in [2.75, 3.05) is 20.2 Å². The van der Waals surface area contributed by atoms with Gasteiger partial charge in [-0.25, -0.2) is 14.0 Å². The minimum atomic E-state index is -1.28. The Kier molecular flexibility index (Phi) is 4.74. The fraction of sp³-hybridized carbons (Fsp3) is 0.429. The molecule has 114 valence electrons. The number of nitrogens with zero attached hydrogens (tertiary/aromatic N) is 1. The first kappa shape index (κ1) is 15.2. The Balaban J connectivity index is 1.93. The monoisotopic (exact) mass is 296 g/mol. The highest BCUT2D eigenvalue weighted by molar-refractivity contribution is 5.87. The molecule has 0 saturated carbocycles. The van der Waals surface area contributed by atoms with E-state index in [-0.39, 0.29) is 11.6 Å². The third-order valence-corrected chi connectivity index (χ3v) is 3.45. The van der Waals surface area contributed by atoms with Gasteiger partial charge in [0.15, 0.2) is 0 Å². The number of amides is 1. The molecule has 2 rings (SSSR count). The van der Waals surface area contributed by atoms with E-state index in [1.807, 2.05) is 0 Å². The van der Waals surface area contributed by atoms with Gasteiger partial charge in [0.2, 0.25) is 0 Å². The lowest BCUT2D eigenvalue weighted by atomic mass is 10.1. The van der Waals surface area contributed by atoms with Crippen LogP contribution in [0.5, 0.6) is 0 Å². The second-order valence-corrected chi connectivity index (χ2v) is 4.98. The summed E-state index contributed by atoms with van der Waals surface area (Å²) in [5.74, 6) is -2.01. The number of aromatic carboxylic acids is 1. The molecule has 1 aliphatic heterocycles. The number of benzene rings is 1. The Morgan fingerprint density at radius 2 is 2.29 bits per heavy atom. The van der Waals surface area contributed by atoms with Crippen LogP contribution in [0, 0.1) is 5.82 Å². The Labute approximate surface area is 121 Å². The Bertz CT molecular complexity index is 550. The summed E-state index contributed by atoms with van der Waals surface area (Å²) in [6.45, 7) is 1.94. The van der Waals surface area contributed by atoms with Gasteiger partial charge in [-0.05, 0) is 24.1 Å². The van der Waals surface area contributed by atoms with Crippen LogP contribution in [0.2, 0.25) is 0 Å². The van der Waals surface area contributed by atoms with Crippen molar-refractivity contribution in [1.82, 2.24) is 10.2 Å². The Hall–Kier alpha value is -2.15. The fourth-order valence-electron chi connectivity index (χ4n) is 2.41. The molecule has 1 aromatic carbocycles. The molecule has 0 aromatic heterocycles. The summed E-state index contributed by atoms with van der Waals surface area (Å²) in [7, 11) is 1.31. The van der Waals surface area contributed by atoms with Crippen LogP contribution in [0.15, 0.2) is 18.2 Å². The van der Waals surface area contributed by atoms with Crippen molar-refractivity contribution in [1.29, 1.82) is 0 Å². The molecule has 1 heterocycles. The predicted octanol–water partition coefficient (Wildman–Crippen LogP) is 1.45. The minimum Gasteiger partial charge on any atom is -0.478 e. The molecule has 0 radical (unpaired) electrons. The number of halogens is 1. The first-order chi connectivity index (χ1) is 9.99. The van der Waals surface area contributed by atoms with Gasteiger partial charge in [-0.3, -0.25) is 4.90 Å². The van der Waals surface area contributed by atoms with Crippen molar-refractivity contribution >= 4 is 12.1 Å². The summed E-state index contributed by atoms with van der Waals surface area (Å²) in [4.78, 5) is 23.9. The summed E-state index contributed by atoms with van der Waals surface area (Å²) < 4.78 is 18.1. The second-order valence-electron chi connectivity index (χ2n) is 4.98. The normalized spacial score (nSPS) is 18.5. The molecule has 0 spiro atoms. The molecule has 2 N–H and O–H groups in total. The van der Waals surface area contributed by atoms with Crippen molar-refractivity contribution in [3.05, 3.63) is 35.1 Å². The quantitative estimate of drug-likeness (QED) is 0.879. The van der Waals surface area contributed by atoms with E-state index in [9.17, 15) is 14.0 Å². The smallest absolute Gasteiger partial charge is 0.407 e. The summed E-state index contributed by atoms with van der Waals surface area (Å²) >= 11 is 0. The lowest BCUT2D eigenvalue weighted by Crippen LogP contribution is -2.36. The third kappa shape index (κ3) is 3.91. The summed E-state index contributed by atoms with van der Waals surface area (Å²) in [5, 5.41) is 11.5. The number of methoxy groups -OCH3 is 1. The number of carboxylic acid groups (broad SMARTS) is 1. The largest absolute Gasteiger partial charge is 0.478 e. The number of alkyl carbamates (subject to hydrolysis) is 1. The van der Waals surface area contributed by atoms with Gasteiger partial charge in [-0.1, -0.05) is 6.07 Å². The summed E-state index contributed by atoms with van der Waals surface area (Å²) in [5.41, 5.74) is 0.377. The zero-order valence-electron chi connectivity index (χ0n) is 11.6. The van der Waals surface area contributed by atoms with E-state index < -0.39 is 17.9 Å². The first-order valence-corrected chi connectivity index (χ1v) is 6.58. The maximum atomic E-state index is 13.6. The topological polar surface area (TPSA) is 78.9 Å². The number of rotatable bonds is 4. The van der Waals surface area contributed by atoms with Crippen LogP contribution < -0.4 is 5.32 Å². The van der Waals surface area contributed by atoms with Crippen LogP contribution in [0.4, 0.5) is 9.18 Å².